The fourth-order valence-corrected chi connectivity index (χ4v) is 3.57. The van der Waals surface area contributed by atoms with E-state index in [9.17, 15) is 18.0 Å². The summed E-state index contributed by atoms with van der Waals surface area (Å²) in [6.07, 6.45) is -4.89. The summed E-state index contributed by atoms with van der Waals surface area (Å²) >= 11 is 0. The van der Waals surface area contributed by atoms with Crippen molar-refractivity contribution in [2.45, 2.75) is 25.7 Å². The third-order valence-corrected chi connectivity index (χ3v) is 5.07. The SMILES string of the molecule is COCc1cccc(NC(=O)C2(C(F)(F)F)CCN(Cc3ccccc3)C2)c1. The Hall–Kier alpha value is -2.38. The zero-order chi connectivity index (χ0) is 20.2. The van der Waals surface area contributed by atoms with Gasteiger partial charge in [-0.05, 0) is 36.2 Å². The molecule has 1 atom stereocenters. The molecule has 1 fully saturated rings. The fraction of sp³-hybridized carbons (Fsp3) is 0.381. The fourth-order valence-electron chi connectivity index (χ4n) is 3.57. The zero-order valence-electron chi connectivity index (χ0n) is 15.6. The van der Waals surface area contributed by atoms with Crippen LogP contribution in [0.15, 0.2) is 54.6 Å². The minimum atomic E-state index is -4.63. The second-order valence-corrected chi connectivity index (χ2v) is 7.11. The molecule has 0 radical (unpaired) electrons. The van der Waals surface area contributed by atoms with Gasteiger partial charge >= 0.3 is 6.18 Å². The van der Waals surface area contributed by atoms with Crippen LogP contribution in [0.25, 0.3) is 0 Å². The van der Waals surface area contributed by atoms with Crippen molar-refractivity contribution in [3.8, 4) is 0 Å². The van der Waals surface area contributed by atoms with Crippen molar-refractivity contribution in [2.24, 2.45) is 5.41 Å². The summed E-state index contributed by atoms with van der Waals surface area (Å²) < 4.78 is 47.0. The van der Waals surface area contributed by atoms with E-state index in [1.165, 1.54) is 7.11 Å². The van der Waals surface area contributed by atoms with E-state index in [1.807, 2.05) is 30.3 Å². The molecule has 1 aliphatic rings. The van der Waals surface area contributed by atoms with Crippen molar-refractivity contribution in [3.05, 3.63) is 65.7 Å². The molecule has 1 aliphatic heterocycles. The number of nitrogens with one attached hydrogen (secondary N) is 1. The van der Waals surface area contributed by atoms with Gasteiger partial charge in [-0.1, -0.05) is 42.5 Å². The third kappa shape index (κ3) is 4.36. The predicted octanol–water partition coefficient (Wildman–Crippen LogP) is 4.23. The van der Waals surface area contributed by atoms with Crippen LogP contribution in [0.2, 0.25) is 0 Å². The summed E-state index contributed by atoms with van der Waals surface area (Å²) in [6, 6.07) is 16.0. The summed E-state index contributed by atoms with van der Waals surface area (Å²) in [5, 5.41) is 2.47. The minimum Gasteiger partial charge on any atom is -0.380 e. The van der Waals surface area contributed by atoms with Crippen LogP contribution in [-0.4, -0.2) is 37.2 Å². The van der Waals surface area contributed by atoms with Crippen LogP contribution in [-0.2, 0) is 22.7 Å². The Balaban J connectivity index is 1.77. The molecule has 0 aliphatic carbocycles. The highest BCUT2D eigenvalue weighted by molar-refractivity contribution is 5.96. The molecular formula is C21H23F3N2O2. The van der Waals surface area contributed by atoms with Gasteiger partial charge in [-0.15, -0.1) is 0 Å². The van der Waals surface area contributed by atoms with Gasteiger partial charge in [-0.2, -0.15) is 13.2 Å². The van der Waals surface area contributed by atoms with E-state index < -0.39 is 17.5 Å². The molecule has 4 nitrogen and oxygen atoms in total. The Labute approximate surface area is 162 Å². The monoisotopic (exact) mass is 392 g/mol. The Morgan fingerprint density at radius 2 is 1.86 bits per heavy atom. The van der Waals surface area contributed by atoms with Crippen LogP contribution in [0, 0.1) is 5.41 Å². The van der Waals surface area contributed by atoms with Gasteiger partial charge < -0.3 is 10.1 Å². The topological polar surface area (TPSA) is 41.6 Å². The van der Waals surface area contributed by atoms with Crippen molar-refractivity contribution in [3.63, 3.8) is 0 Å². The quantitative estimate of drug-likeness (QED) is 0.800. The summed E-state index contributed by atoms with van der Waals surface area (Å²) in [6.45, 7) is 0.564. The molecule has 3 rings (SSSR count). The molecule has 1 saturated heterocycles. The van der Waals surface area contributed by atoms with Crippen molar-refractivity contribution in [2.75, 3.05) is 25.5 Å². The van der Waals surface area contributed by atoms with Crippen molar-refractivity contribution in [1.82, 2.24) is 4.90 Å². The number of rotatable bonds is 6. The largest absolute Gasteiger partial charge is 0.404 e. The number of likely N-dealkylation sites (tertiary alicyclic amines) is 1. The third-order valence-electron chi connectivity index (χ3n) is 5.07. The number of ether oxygens (including phenoxy) is 1. The van der Waals surface area contributed by atoms with E-state index in [0.29, 0.717) is 18.8 Å². The molecular weight excluding hydrogens is 369 g/mol. The highest BCUT2D eigenvalue weighted by Crippen LogP contribution is 2.46. The van der Waals surface area contributed by atoms with E-state index in [4.69, 9.17) is 4.74 Å². The number of benzene rings is 2. The number of anilines is 1. The Morgan fingerprint density at radius 3 is 2.54 bits per heavy atom. The van der Waals surface area contributed by atoms with Crippen LogP contribution < -0.4 is 5.32 Å². The van der Waals surface area contributed by atoms with Crippen LogP contribution in [0.3, 0.4) is 0 Å². The molecule has 1 N–H and O–H groups in total. The first-order valence-electron chi connectivity index (χ1n) is 9.06. The van der Waals surface area contributed by atoms with E-state index in [1.54, 1.807) is 29.2 Å². The van der Waals surface area contributed by atoms with Gasteiger partial charge in [0.1, 0.15) is 0 Å². The number of alkyl halides is 3. The van der Waals surface area contributed by atoms with Gasteiger partial charge in [0.2, 0.25) is 5.91 Å². The lowest BCUT2D eigenvalue weighted by Crippen LogP contribution is -2.49. The average Bonchev–Trinajstić information content (AvgIpc) is 3.08. The average molecular weight is 392 g/mol. The number of carbonyl (C=O) groups is 1. The lowest BCUT2D eigenvalue weighted by molar-refractivity contribution is -0.215. The van der Waals surface area contributed by atoms with Crippen LogP contribution in [0.4, 0.5) is 18.9 Å². The molecule has 28 heavy (non-hydrogen) atoms. The second-order valence-electron chi connectivity index (χ2n) is 7.11. The molecule has 0 spiro atoms. The van der Waals surface area contributed by atoms with Crippen molar-refractivity contribution >= 4 is 11.6 Å². The lowest BCUT2D eigenvalue weighted by Gasteiger charge is -2.30. The Kier molecular flexibility index (Phi) is 6.05. The van der Waals surface area contributed by atoms with E-state index in [2.05, 4.69) is 5.32 Å². The maximum Gasteiger partial charge on any atom is 0.404 e. The molecule has 1 amide bonds. The summed E-state index contributed by atoms with van der Waals surface area (Å²) in [5.74, 6) is -1.01. The highest BCUT2D eigenvalue weighted by atomic mass is 19.4. The van der Waals surface area contributed by atoms with Gasteiger partial charge in [0.25, 0.3) is 0 Å². The van der Waals surface area contributed by atoms with Crippen LogP contribution >= 0.6 is 0 Å². The predicted molar refractivity (Wildman–Crippen MR) is 101 cm³/mol. The summed E-state index contributed by atoms with van der Waals surface area (Å²) in [7, 11) is 1.53. The minimum absolute atomic E-state index is 0.214. The van der Waals surface area contributed by atoms with E-state index >= 15 is 0 Å². The molecule has 1 heterocycles. The molecule has 150 valence electrons. The molecule has 0 aromatic heterocycles. The van der Waals surface area contributed by atoms with Gasteiger partial charge in [0.15, 0.2) is 5.41 Å². The number of hydrogen-bond acceptors (Lipinski definition) is 3. The van der Waals surface area contributed by atoms with Gasteiger partial charge in [0, 0.05) is 25.9 Å². The number of carbonyl (C=O) groups excluding carboxylic acids is 1. The first-order valence-corrected chi connectivity index (χ1v) is 9.06. The summed E-state index contributed by atoms with van der Waals surface area (Å²) in [5.41, 5.74) is -0.379. The number of hydrogen-bond donors (Lipinski definition) is 1. The summed E-state index contributed by atoms with van der Waals surface area (Å²) in [4.78, 5) is 14.4. The first kappa shape index (κ1) is 20.4. The number of halogens is 3. The Bertz CT molecular complexity index is 811. The zero-order valence-corrected chi connectivity index (χ0v) is 15.6. The number of methoxy groups -OCH3 is 1. The molecule has 0 bridgehead atoms. The van der Waals surface area contributed by atoms with Crippen molar-refractivity contribution in [1.29, 1.82) is 0 Å². The molecule has 0 saturated carbocycles. The second kappa shape index (κ2) is 8.32. The van der Waals surface area contributed by atoms with Crippen molar-refractivity contribution < 1.29 is 22.7 Å². The standard InChI is InChI=1S/C21H23F3N2O2/c1-28-14-17-8-5-9-18(12-17)25-19(27)20(21(22,23)24)10-11-26(15-20)13-16-6-3-2-4-7-16/h2-9,12H,10-11,13-15H2,1H3,(H,25,27). The van der Waals surface area contributed by atoms with E-state index in [-0.39, 0.29) is 19.5 Å². The highest BCUT2D eigenvalue weighted by Gasteiger charge is 2.62. The first-order chi connectivity index (χ1) is 13.3. The molecule has 7 heteroatoms. The normalized spacial score (nSPS) is 20.3. The molecule has 1 unspecified atom stereocenters. The molecule has 2 aromatic rings. The Morgan fingerprint density at radius 1 is 1.14 bits per heavy atom. The maximum atomic E-state index is 14.0. The van der Waals surface area contributed by atoms with Gasteiger partial charge in [-0.3, -0.25) is 9.69 Å². The van der Waals surface area contributed by atoms with Gasteiger partial charge in [-0.25, -0.2) is 0 Å². The smallest absolute Gasteiger partial charge is 0.380 e. The lowest BCUT2D eigenvalue weighted by atomic mass is 9.85. The van der Waals surface area contributed by atoms with Gasteiger partial charge in [0.05, 0.1) is 6.61 Å². The van der Waals surface area contributed by atoms with Crippen LogP contribution in [0.5, 0.6) is 0 Å². The number of amides is 1. The van der Waals surface area contributed by atoms with Crippen LogP contribution in [0.1, 0.15) is 17.5 Å². The van der Waals surface area contributed by atoms with E-state index in [0.717, 1.165) is 11.1 Å². The molecule has 2 aromatic carbocycles. The maximum absolute atomic E-state index is 14.0. The number of nitrogens with zero attached hydrogens (tertiary/aromatic N) is 1.